The van der Waals surface area contributed by atoms with Crippen LogP contribution >= 0.6 is 0 Å². The second-order valence-corrected chi connectivity index (χ2v) is 4.69. The van der Waals surface area contributed by atoms with Crippen molar-refractivity contribution in [2.75, 3.05) is 0 Å². The predicted octanol–water partition coefficient (Wildman–Crippen LogP) is 3.88. The van der Waals surface area contributed by atoms with Crippen molar-refractivity contribution in [1.29, 1.82) is 0 Å². The Balaban J connectivity index is 3.14. The van der Waals surface area contributed by atoms with E-state index in [0.717, 1.165) is 22.6 Å². The first-order valence-electron chi connectivity index (χ1n) is 5.85. The molecule has 0 aliphatic carbocycles. The number of hydrogen-bond acceptors (Lipinski definition) is 2. The largest absolute Gasteiger partial charge is 0.487 e. The van der Waals surface area contributed by atoms with Gasteiger partial charge >= 0.3 is 0 Å². The molecule has 0 aromatic heterocycles. The highest BCUT2D eigenvalue weighted by atomic mass is 16.5. The molecule has 0 aliphatic rings. The van der Waals surface area contributed by atoms with Crippen LogP contribution in [0.2, 0.25) is 0 Å². The lowest BCUT2D eigenvalue weighted by molar-refractivity contribution is 0.196. The molecule has 0 unspecified atom stereocenters. The molecule has 0 amide bonds. The summed E-state index contributed by atoms with van der Waals surface area (Å²) in [5.74, 6) is 1.76. The highest BCUT2D eigenvalue weighted by Crippen LogP contribution is 2.35. The Hall–Kier alpha value is -1.18. The molecule has 0 saturated heterocycles. The lowest BCUT2D eigenvalue weighted by atomic mass is 10.1. The lowest BCUT2D eigenvalue weighted by Gasteiger charge is -2.20. The fourth-order valence-corrected chi connectivity index (χ4v) is 1.52. The molecule has 0 N–H and O–H groups in total. The van der Waals surface area contributed by atoms with Crippen molar-refractivity contribution in [1.82, 2.24) is 0 Å². The summed E-state index contributed by atoms with van der Waals surface area (Å²) in [6.07, 6.45) is 0.324. The van der Waals surface area contributed by atoms with Crippen LogP contribution in [-0.2, 0) is 0 Å². The summed E-state index contributed by atoms with van der Waals surface area (Å²) < 4.78 is 11.7. The maximum Gasteiger partial charge on any atom is 0.164 e. The van der Waals surface area contributed by atoms with E-state index in [0.29, 0.717) is 0 Å². The van der Waals surface area contributed by atoms with E-state index in [1.165, 1.54) is 0 Å². The van der Waals surface area contributed by atoms with Gasteiger partial charge in [-0.2, -0.15) is 0 Å². The minimum Gasteiger partial charge on any atom is -0.487 e. The molecule has 1 aromatic carbocycles. The van der Waals surface area contributed by atoms with Crippen LogP contribution in [0.5, 0.6) is 11.5 Å². The second kappa shape index (κ2) is 5.24. The van der Waals surface area contributed by atoms with Crippen molar-refractivity contribution in [3.05, 3.63) is 23.3 Å². The maximum absolute atomic E-state index is 5.83. The zero-order chi connectivity index (χ0) is 12.3. The molecular formula is C14H22O2. The molecule has 0 aliphatic heterocycles. The van der Waals surface area contributed by atoms with Crippen LogP contribution in [0.1, 0.15) is 38.8 Å². The Morgan fingerprint density at radius 1 is 0.750 bits per heavy atom. The van der Waals surface area contributed by atoms with Crippen molar-refractivity contribution in [2.24, 2.45) is 0 Å². The first-order chi connectivity index (χ1) is 7.41. The van der Waals surface area contributed by atoms with Gasteiger partial charge in [0.15, 0.2) is 11.5 Å². The summed E-state index contributed by atoms with van der Waals surface area (Å²) in [6.45, 7) is 12.2. The van der Waals surface area contributed by atoms with Crippen molar-refractivity contribution < 1.29 is 9.47 Å². The zero-order valence-electron chi connectivity index (χ0n) is 11.1. The lowest BCUT2D eigenvalue weighted by Crippen LogP contribution is -2.12. The third-order valence-corrected chi connectivity index (χ3v) is 2.21. The van der Waals surface area contributed by atoms with Crippen LogP contribution in [-0.4, -0.2) is 12.2 Å². The molecule has 0 bridgehead atoms. The summed E-state index contributed by atoms with van der Waals surface area (Å²) in [5, 5.41) is 0. The van der Waals surface area contributed by atoms with E-state index in [9.17, 15) is 0 Å². The highest BCUT2D eigenvalue weighted by Gasteiger charge is 2.14. The first kappa shape index (κ1) is 12.9. The van der Waals surface area contributed by atoms with E-state index < -0.39 is 0 Å². The molecule has 16 heavy (non-hydrogen) atoms. The summed E-state index contributed by atoms with van der Waals surface area (Å²) in [5.41, 5.74) is 2.24. The van der Waals surface area contributed by atoms with Gasteiger partial charge in [-0.15, -0.1) is 0 Å². The maximum atomic E-state index is 5.83. The Labute approximate surface area is 98.6 Å². The van der Waals surface area contributed by atoms with Crippen LogP contribution in [0.3, 0.4) is 0 Å². The van der Waals surface area contributed by atoms with Gasteiger partial charge in [0.1, 0.15) is 0 Å². The van der Waals surface area contributed by atoms with Crippen molar-refractivity contribution in [3.63, 3.8) is 0 Å². The smallest absolute Gasteiger partial charge is 0.164 e. The summed E-state index contributed by atoms with van der Waals surface area (Å²) in [4.78, 5) is 0. The molecule has 1 rings (SSSR count). The van der Waals surface area contributed by atoms with Crippen LogP contribution in [0.4, 0.5) is 0 Å². The Bertz CT molecular complexity index is 319. The minimum absolute atomic E-state index is 0.162. The van der Waals surface area contributed by atoms with Gasteiger partial charge in [-0.05, 0) is 52.7 Å². The molecule has 0 heterocycles. The van der Waals surface area contributed by atoms with Crippen LogP contribution < -0.4 is 9.47 Å². The molecule has 0 fully saturated rings. The SMILES string of the molecule is Cc1ccc(C)c(OC(C)C)c1OC(C)C. The van der Waals surface area contributed by atoms with Gasteiger partial charge in [0, 0.05) is 0 Å². The van der Waals surface area contributed by atoms with E-state index in [1.54, 1.807) is 0 Å². The molecule has 2 heteroatoms. The minimum atomic E-state index is 0.162. The highest BCUT2D eigenvalue weighted by molar-refractivity contribution is 5.51. The third-order valence-electron chi connectivity index (χ3n) is 2.21. The van der Waals surface area contributed by atoms with Gasteiger partial charge in [-0.25, -0.2) is 0 Å². The fraction of sp³-hybridized carbons (Fsp3) is 0.571. The van der Waals surface area contributed by atoms with Gasteiger partial charge in [0.05, 0.1) is 12.2 Å². The van der Waals surface area contributed by atoms with Gasteiger partial charge in [0.2, 0.25) is 0 Å². The van der Waals surface area contributed by atoms with E-state index in [2.05, 4.69) is 12.1 Å². The van der Waals surface area contributed by atoms with Crippen molar-refractivity contribution in [2.45, 2.75) is 53.8 Å². The average Bonchev–Trinajstić information content (AvgIpc) is 2.16. The van der Waals surface area contributed by atoms with Crippen LogP contribution in [0, 0.1) is 13.8 Å². The van der Waals surface area contributed by atoms with Crippen molar-refractivity contribution >= 4 is 0 Å². The van der Waals surface area contributed by atoms with Crippen LogP contribution in [0.15, 0.2) is 12.1 Å². The molecule has 90 valence electrons. The standard InChI is InChI=1S/C14H22O2/c1-9(2)15-13-11(5)7-8-12(6)14(13)16-10(3)4/h7-10H,1-6H3. The number of hydrogen-bond donors (Lipinski definition) is 0. The average molecular weight is 222 g/mol. The molecule has 0 saturated carbocycles. The first-order valence-corrected chi connectivity index (χ1v) is 5.85. The Kier molecular flexibility index (Phi) is 4.22. The van der Waals surface area contributed by atoms with Crippen molar-refractivity contribution in [3.8, 4) is 11.5 Å². The van der Waals surface area contributed by atoms with E-state index in [4.69, 9.17) is 9.47 Å². The molecular weight excluding hydrogens is 200 g/mol. The Morgan fingerprint density at radius 2 is 1.06 bits per heavy atom. The normalized spacial score (nSPS) is 11.0. The Morgan fingerprint density at radius 3 is 1.31 bits per heavy atom. The fourth-order valence-electron chi connectivity index (χ4n) is 1.52. The molecule has 0 radical (unpaired) electrons. The zero-order valence-corrected chi connectivity index (χ0v) is 11.1. The monoisotopic (exact) mass is 222 g/mol. The number of ether oxygens (including phenoxy) is 2. The van der Waals surface area contributed by atoms with Gasteiger partial charge < -0.3 is 9.47 Å². The molecule has 0 spiro atoms. The van der Waals surface area contributed by atoms with E-state index in [-0.39, 0.29) is 12.2 Å². The molecule has 1 aromatic rings. The number of rotatable bonds is 4. The van der Waals surface area contributed by atoms with Gasteiger partial charge in [-0.3, -0.25) is 0 Å². The molecule has 0 atom stereocenters. The van der Waals surface area contributed by atoms with E-state index in [1.807, 2.05) is 41.5 Å². The van der Waals surface area contributed by atoms with Gasteiger partial charge in [0.25, 0.3) is 0 Å². The summed E-state index contributed by atoms with van der Waals surface area (Å²) in [6, 6.07) is 4.14. The second-order valence-electron chi connectivity index (χ2n) is 4.69. The molecule has 2 nitrogen and oxygen atoms in total. The van der Waals surface area contributed by atoms with E-state index >= 15 is 0 Å². The third kappa shape index (κ3) is 3.16. The summed E-state index contributed by atoms with van der Waals surface area (Å²) in [7, 11) is 0. The quantitative estimate of drug-likeness (QED) is 0.769. The van der Waals surface area contributed by atoms with Gasteiger partial charge in [-0.1, -0.05) is 12.1 Å². The predicted molar refractivity (Wildman–Crippen MR) is 67.4 cm³/mol. The number of aryl methyl sites for hydroxylation is 2. The van der Waals surface area contributed by atoms with Crippen LogP contribution in [0.25, 0.3) is 0 Å². The topological polar surface area (TPSA) is 18.5 Å². The summed E-state index contributed by atoms with van der Waals surface area (Å²) >= 11 is 0. The number of benzene rings is 1.